The maximum Gasteiger partial charge on any atom is 0.0556 e. The van der Waals surface area contributed by atoms with Crippen molar-refractivity contribution in [1.29, 1.82) is 0 Å². The predicted octanol–water partition coefficient (Wildman–Crippen LogP) is 0.757. The summed E-state index contributed by atoms with van der Waals surface area (Å²) in [5, 5.41) is 12.0. The molecule has 2 aliphatic rings. The number of aliphatic hydroxyl groups excluding tert-OH is 1. The van der Waals surface area contributed by atoms with Gasteiger partial charge in [-0.15, -0.1) is 0 Å². The molecule has 2 fully saturated rings. The fourth-order valence-electron chi connectivity index (χ4n) is 2.41. The molecule has 0 saturated heterocycles. The minimum absolute atomic E-state index is 0.286. The Morgan fingerprint density at radius 2 is 2.27 bits per heavy atom. The van der Waals surface area contributed by atoms with E-state index in [9.17, 15) is 0 Å². The number of nitrogens with one attached hydrogen (secondary N) is 1. The normalized spacial score (nSPS) is 41.7. The van der Waals surface area contributed by atoms with Crippen LogP contribution in [0.15, 0.2) is 0 Å². The van der Waals surface area contributed by atoms with Crippen molar-refractivity contribution in [3.8, 4) is 0 Å². The second-order valence-electron chi connectivity index (χ2n) is 3.87. The van der Waals surface area contributed by atoms with Crippen LogP contribution in [-0.4, -0.2) is 24.3 Å². The molecule has 0 bridgehead atoms. The molecule has 0 amide bonds. The second kappa shape index (κ2) is 3.11. The summed E-state index contributed by atoms with van der Waals surface area (Å²) in [5.41, 5.74) is 0. The van der Waals surface area contributed by atoms with Crippen LogP contribution in [-0.2, 0) is 0 Å². The molecule has 0 radical (unpaired) electrons. The fourth-order valence-corrected chi connectivity index (χ4v) is 2.41. The highest BCUT2D eigenvalue weighted by Crippen LogP contribution is 2.49. The van der Waals surface area contributed by atoms with Crippen molar-refractivity contribution in [3.63, 3.8) is 0 Å². The Kier molecular flexibility index (Phi) is 2.14. The van der Waals surface area contributed by atoms with Crippen LogP contribution in [0.4, 0.5) is 0 Å². The van der Waals surface area contributed by atoms with Crippen LogP contribution in [0.25, 0.3) is 0 Å². The summed E-state index contributed by atoms with van der Waals surface area (Å²) in [6.07, 6.45) is 5.64. The Balaban J connectivity index is 1.75. The first kappa shape index (κ1) is 7.56. The molecule has 2 saturated carbocycles. The summed E-state index contributed by atoms with van der Waals surface area (Å²) in [6, 6.07) is 0.737. The molecule has 0 aromatic heterocycles. The molecule has 0 aliphatic heterocycles. The van der Waals surface area contributed by atoms with Crippen molar-refractivity contribution >= 4 is 0 Å². The quantitative estimate of drug-likeness (QED) is 0.630. The lowest BCUT2D eigenvalue weighted by atomic mass is 9.95. The van der Waals surface area contributed by atoms with Gasteiger partial charge in [0.15, 0.2) is 0 Å². The summed E-state index contributed by atoms with van der Waals surface area (Å²) >= 11 is 0. The number of fused-ring (bicyclic) bond motifs is 1. The van der Waals surface area contributed by atoms with E-state index in [0.717, 1.165) is 24.4 Å². The Morgan fingerprint density at radius 1 is 1.36 bits per heavy atom. The smallest absolute Gasteiger partial charge is 0.0556 e. The average Bonchev–Trinajstić information content (AvgIpc) is 2.79. The maximum atomic E-state index is 8.63. The van der Waals surface area contributed by atoms with Crippen LogP contribution in [0.3, 0.4) is 0 Å². The van der Waals surface area contributed by atoms with Crippen LogP contribution < -0.4 is 5.32 Å². The zero-order valence-corrected chi connectivity index (χ0v) is 6.92. The molecular formula is C9H17NO. The molecule has 0 spiro atoms. The van der Waals surface area contributed by atoms with Crippen molar-refractivity contribution in [2.45, 2.75) is 31.7 Å². The molecule has 3 atom stereocenters. The Hall–Kier alpha value is -0.0800. The topological polar surface area (TPSA) is 32.3 Å². The van der Waals surface area contributed by atoms with Crippen LogP contribution in [0, 0.1) is 11.8 Å². The molecule has 11 heavy (non-hydrogen) atoms. The Labute approximate surface area is 68.0 Å². The molecule has 64 valence electrons. The van der Waals surface area contributed by atoms with Crippen molar-refractivity contribution < 1.29 is 5.11 Å². The van der Waals surface area contributed by atoms with Gasteiger partial charge in [0.25, 0.3) is 0 Å². The summed E-state index contributed by atoms with van der Waals surface area (Å²) < 4.78 is 0. The third kappa shape index (κ3) is 1.57. The fraction of sp³-hybridized carbons (Fsp3) is 1.00. The van der Waals surface area contributed by atoms with Crippen molar-refractivity contribution in [3.05, 3.63) is 0 Å². The first-order valence-electron chi connectivity index (χ1n) is 4.76. The standard InChI is InChI=1S/C9H17NO/c11-5-4-10-9-3-1-2-7-6-8(7)9/h7-11H,1-6H2/t7-,8+,9?/m1/s1. The van der Waals surface area contributed by atoms with Crippen LogP contribution in [0.2, 0.25) is 0 Å². The van der Waals surface area contributed by atoms with Crippen molar-refractivity contribution in [1.82, 2.24) is 5.32 Å². The molecule has 0 heterocycles. The van der Waals surface area contributed by atoms with Crippen molar-refractivity contribution in [2.75, 3.05) is 13.2 Å². The highest BCUT2D eigenvalue weighted by molar-refractivity contribution is 4.98. The van der Waals surface area contributed by atoms with Gasteiger partial charge in [-0.05, 0) is 24.7 Å². The minimum Gasteiger partial charge on any atom is -0.395 e. The minimum atomic E-state index is 0.286. The highest BCUT2D eigenvalue weighted by Gasteiger charge is 2.44. The van der Waals surface area contributed by atoms with E-state index in [4.69, 9.17) is 5.11 Å². The highest BCUT2D eigenvalue weighted by atomic mass is 16.3. The molecule has 0 aromatic carbocycles. The number of hydrogen-bond donors (Lipinski definition) is 2. The number of rotatable bonds is 3. The SMILES string of the molecule is OCCNC1CCC[C@@H]2C[C@H]12. The van der Waals surface area contributed by atoms with Gasteiger partial charge in [0.05, 0.1) is 6.61 Å². The zero-order chi connectivity index (χ0) is 7.68. The zero-order valence-electron chi connectivity index (χ0n) is 6.92. The Bertz CT molecular complexity index is 138. The first-order valence-corrected chi connectivity index (χ1v) is 4.76. The van der Waals surface area contributed by atoms with E-state index in [1.807, 2.05) is 0 Å². The van der Waals surface area contributed by atoms with Gasteiger partial charge in [-0.3, -0.25) is 0 Å². The van der Waals surface area contributed by atoms with Gasteiger partial charge in [0.2, 0.25) is 0 Å². The lowest BCUT2D eigenvalue weighted by Gasteiger charge is -2.22. The summed E-state index contributed by atoms with van der Waals surface area (Å²) in [7, 11) is 0. The predicted molar refractivity (Wildman–Crippen MR) is 44.3 cm³/mol. The van der Waals surface area contributed by atoms with Gasteiger partial charge in [-0.1, -0.05) is 12.8 Å². The lowest BCUT2D eigenvalue weighted by Crippen LogP contribution is -2.35. The van der Waals surface area contributed by atoms with Gasteiger partial charge in [-0.2, -0.15) is 0 Å². The summed E-state index contributed by atoms with van der Waals surface area (Å²) in [4.78, 5) is 0. The van der Waals surface area contributed by atoms with E-state index < -0.39 is 0 Å². The van der Waals surface area contributed by atoms with Crippen LogP contribution in [0.1, 0.15) is 25.7 Å². The molecule has 2 aliphatic carbocycles. The summed E-state index contributed by atoms with van der Waals surface area (Å²) in [5.74, 6) is 2.01. The third-order valence-corrected chi connectivity index (χ3v) is 3.10. The van der Waals surface area contributed by atoms with Crippen LogP contribution >= 0.6 is 0 Å². The number of aliphatic hydroxyl groups is 1. The number of hydrogen-bond acceptors (Lipinski definition) is 2. The molecular weight excluding hydrogens is 138 g/mol. The molecule has 2 nitrogen and oxygen atoms in total. The lowest BCUT2D eigenvalue weighted by molar-refractivity contribution is 0.267. The monoisotopic (exact) mass is 155 g/mol. The van der Waals surface area contributed by atoms with E-state index in [2.05, 4.69) is 5.32 Å². The van der Waals surface area contributed by atoms with E-state index in [0.29, 0.717) is 0 Å². The second-order valence-corrected chi connectivity index (χ2v) is 3.87. The van der Waals surface area contributed by atoms with Gasteiger partial charge in [-0.25, -0.2) is 0 Å². The molecule has 0 aromatic rings. The van der Waals surface area contributed by atoms with Gasteiger partial charge >= 0.3 is 0 Å². The largest absolute Gasteiger partial charge is 0.395 e. The molecule has 2 N–H and O–H groups in total. The maximum absolute atomic E-state index is 8.63. The van der Waals surface area contributed by atoms with Crippen LogP contribution in [0.5, 0.6) is 0 Å². The molecule has 2 heteroatoms. The molecule has 2 rings (SSSR count). The van der Waals surface area contributed by atoms with Crippen molar-refractivity contribution in [2.24, 2.45) is 11.8 Å². The van der Waals surface area contributed by atoms with E-state index in [1.54, 1.807) is 0 Å². The first-order chi connectivity index (χ1) is 5.42. The van der Waals surface area contributed by atoms with E-state index >= 15 is 0 Å². The average molecular weight is 155 g/mol. The van der Waals surface area contributed by atoms with Gasteiger partial charge in [0, 0.05) is 12.6 Å². The third-order valence-electron chi connectivity index (χ3n) is 3.10. The van der Waals surface area contributed by atoms with E-state index in [1.165, 1.54) is 25.7 Å². The Morgan fingerprint density at radius 3 is 3.09 bits per heavy atom. The van der Waals surface area contributed by atoms with Gasteiger partial charge in [0.1, 0.15) is 0 Å². The van der Waals surface area contributed by atoms with Gasteiger partial charge < -0.3 is 10.4 Å². The summed E-state index contributed by atoms with van der Waals surface area (Å²) in [6.45, 7) is 1.07. The van der Waals surface area contributed by atoms with E-state index in [-0.39, 0.29) is 6.61 Å². The molecule has 1 unspecified atom stereocenters.